The molecule has 1 aliphatic carbocycles. The number of anilines is 1. The molecule has 4 rings (SSSR count). The molecule has 0 saturated heterocycles. The Balaban J connectivity index is 1.71. The van der Waals surface area contributed by atoms with Gasteiger partial charge in [-0.3, -0.25) is 0 Å². The van der Waals surface area contributed by atoms with E-state index in [2.05, 4.69) is 36.7 Å². The SMILES string of the molecule is c1nc(NC2CCCc3sccc32)c2[nH]cnc2n1. The number of aromatic nitrogens is 4. The molecule has 0 radical (unpaired) electrons. The molecule has 3 aromatic rings. The molecule has 0 aliphatic heterocycles. The average molecular weight is 271 g/mol. The minimum absolute atomic E-state index is 0.344. The third-order valence-corrected chi connectivity index (χ3v) is 4.58. The molecule has 6 heteroatoms. The van der Waals surface area contributed by atoms with Crippen molar-refractivity contribution in [3.8, 4) is 0 Å². The van der Waals surface area contributed by atoms with Crippen molar-refractivity contribution in [2.75, 3.05) is 5.32 Å². The van der Waals surface area contributed by atoms with Crippen LogP contribution in [0.4, 0.5) is 5.82 Å². The normalized spacial score (nSPS) is 18.4. The fourth-order valence-electron chi connectivity index (χ4n) is 2.68. The number of imidazole rings is 1. The highest BCUT2D eigenvalue weighted by atomic mass is 32.1. The maximum atomic E-state index is 4.34. The van der Waals surface area contributed by atoms with E-state index in [1.165, 1.54) is 23.3 Å². The molecule has 96 valence electrons. The van der Waals surface area contributed by atoms with Crippen LogP contribution in [-0.2, 0) is 6.42 Å². The molecule has 0 saturated carbocycles. The lowest BCUT2D eigenvalue weighted by Crippen LogP contribution is -2.16. The third-order valence-electron chi connectivity index (χ3n) is 3.59. The zero-order valence-corrected chi connectivity index (χ0v) is 11.1. The highest BCUT2D eigenvalue weighted by Gasteiger charge is 2.22. The van der Waals surface area contributed by atoms with Crippen molar-refractivity contribution in [3.05, 3.63) is 34.5 Å². The predicted octanol–water partition coefficient (Wildman–Crippen LogP) is 2.90. The van der Waals surface area contributed by atoms with Gasteiger partial charge in [0.25, 0.3) is 0 Å². The van der Waals surface area contributed by atoms with Gasteiger partial charge < -0.3 is 10.3 Å². The Morgan fingerprint density at radius 2 is 2.32 bits per heavy atom. The van der Waals surface area contributed by atoms with Crippen molar-refractivity contribution in [1.29, 1.82) is 0 Å². The number of rotatable bonds is 2. The van der Waals surface area contributed by atoms with Crippen LogP contribution in [0, 0.1) is 0 Å². The molecular weight excluding hydrogens is 258 g/mol. The van der Waals surface area contributed by atoms with Crippen LogP contribution in [0.25, 0.3) is 11.2 Å². The van der Waals surface area contributed by atoms with Crippen molar-refractivity contribution in [1.82, 2.24) is 19.9 Å². The van der Waals surface area contributed by atoms with Crippen LogP contribution in [0.3, 0.4) is 0 Å². The molecule has 0 bridgehead atoms. The second kappa shape index (κ2) is 4.31. The van der Waals surface area contributed by atoms with E-state index in [1.54, 1.807) is 12.7 Å². The Kier molecular flexibility index (Phi) is 2.48. The van der Waals surface area contributed by atoms with Crippen molar-refractivity contribution < 1.29 is 0 Å². The van der Waals surface area contributed by atoms with E-state index in [-0.39, 0.29) is 0 Å². The number of thiophene rings is 1. The summed E-state index contributed by atoms with van der Waals surface area (Å²) in [5, 5.41) is 5.71. The maximum absolute atomic E-state index is 4.34. The van der Waals surface area contributed by atoms with Gasteiger partial charge in [-0.15, -0.1) is 11.3 Å². The van der Waals surface area contributed by atoms with E-state index in [4.69, 9.17) is 0 Å². The molecule has 0 spiro atoms. The Morgan fingerprint density at radius 3 is 3.32 bits per heavy atom. The summed E-state index contributed by atoms with van der Waals surface area (Å²) < 4.78 is 0. The van der Waals surface area contributed by atoms with Crippen LogP contribution in [0.5, 0.6) is 0 Å². The zero-order chi connectivity index (χ0) is 12.7. The minimum atomic E-state index is 0.344. The van der Waals surface area contributed by atoms with Crippen LogP contribution in [0.15, 0.2) is 24.1 Å². The van der Waals surface area contributed by atoms with Gasteiger partial charge in [-0.1, -0.05) is 0 Å². The maximum Gasteiger partial charge on any atom is 0.182 e. The summed E-state index contributed by atoms with van der Waals surface area (Å²) in [6.45, 7) is 0. The first-order valence-electron chi connectivity index (χ1n) is 6.39. The van der Waals surface area contributed by atoms with Crippen molar-refractivity contribution in [3.63, 3.8) is 0 Å². The molecule has 1 atom stereocenters. The lowest BCUT2D eigenvalue weighted by molar-refractivity contribution is 0.607. The summed E-state index contributed by atoms with van der Waals surface area (Å²) in [5.41, 5.74) is 3.01. The van der Waals surface area contributed by atoms with Crippen LogP contribution < -0.4 is 5.32 Å². The fourth-order valence-corrected chi connectivity index (χ4v) is 3.66. The molecule has 0 fully saturated rings. The molecule has 1 unspecified atom stereocenters. The van der Waals surface area contributed by atoms with E-state index >= 15 is 0 Å². The minimum Gasteiger partial charge on any atom is -0.361 e. The van der Waals surface area contributed by atoms with E-state index in [0.717, 1.165) is 17.8 Å². The summed E-state index contributed by atoms with van der Waals surface area (Å²) in [6, 6.07) is 2.57. The van der Waals surface area contributed by atoms with Crippen molar-refractivity contribution in [2.45, 2.75) is 25.3 Å². The van der Waals surface area contributed by atoms with Crippen molar-refractivity contribution >= 4 is 28.3 Å². The molecule has 0 amide bonds. The Morgan fingerprint density at radius 1 is 1.32 bits per heavy atom. The van der Waals surface area contributed by atoms with E-state index in [9.17, 15) is 0 Å². The number of H-pyrrole nitrogens is 1. The number of nitrogens with zero attached hydrogens (tertiary/aromatic N) is 3. The molecule has 1 aliphatic rings. The van der Waals surface area contributed by atoms with Gasteiger partial charge in [0.05, 0.1) is 12.4 Å². The number of aromatic amines is 1. The summed E-state index contributed by atoms with van der Waals surface area (Å²) in [4.78, 5) is 17.2. The van der Waals surface area contributed by atoms with Gasteiger partial charge in [-0.25, -0.2) is 15.0 Å². The summed E-state index contributed by atoms with van der Waals surface area (Å²) in [5.74, 6) is 0.839. The molecule has 0 aromatic carbocycles. The molecule has 5 nitrogen and oxygen atoms in total. The molecule has 2 N–H and O–H groups in total. The first-order chi connectivity index (χ1) is 9.42. The zero-order valence-electron chi connectivity index (χ0n) is 10.3. The monoisotopic (exact) mass is 271 g/mol. The lowest BCUT2D eigenvalue weighted by Gasteiger charge is -2.24. The highest BCUT2D eigenvalue weighted by molar-refractivity contribution is 7.10. The molecule has 3 heterocycles. The van der Waals surface area contributed by atoms with Gasteiger partial charge in [0.1, 0.15) is 11.8 Å². The van der Waals surface area contributed by atoms with Gasteiger partial charge >= 0.3 is 0 Å². The molecule has 3 aromatic heterocycles. The van der Waals surface area contributed by atoms with Gasteiger partial charge in [-0.2, -0.15) is 0 Å². The second-order valence-electron chi connectivity index (χ2n) is 4.71. The quantitative estimate of drug-likeness (QED) is 0.752. The van der Waals surface area contributed by atoms with E-state index in [0.29, 0.717) is 11.7 Å². The molecular formula is C13H13N5S. The average Bonchev–Trinajstić information content (AvgIpc) is 3.08. The van der Waals surface area contributed by atoms with Gasteiger partial charge in [-0.05, 0) is 36.3 Å². The number of aryl methyl sites for hydroxylation is 1. The van der Waals surface area contributed by atoms with Crippen LogP contribution in [-0.4, -0.2) is 19.9 Å². The Hall–Kier alpha value is -1.95. The van der Waals surface area contributed by atoms with Gasteiger partial charge in [0.2, 0.25) is 0 Å². The van der Waals surface area contributed by atoms with E-state index < -0.39 is 0 Å². The lowest BCUT2D eigenvalue weighted by atomic mass is 9.94. The van der Waals surface area contributed by atoms with Crippen LogP contribution in [0.1, 0.15) is 29.3 Å². The predicted molar refractivity (Wildman–Crippen MR) is 75.3 cm³/mol. The van der Waals surface area contributed by atoms with Gasteiger partial charge in [0.15, 0.2) is 11.5 Å². The first-order valence-corrected chi connectivity index (χ1v) is 7.26. The number of nitrogens with one attached hydrogen (secondary N) is 2. The summed E-state index contributed by atoms with van der Waals surface area (Å²) in [6.07, 6.45) is 6.78. The summed E-state index contributed by atoms with van der Waals surface area (Å²) in [7, 11) is 0. The topological polar surface area (TPSA) is 66.5 Å². The largest absolute Gasteiger partial charge is 0.361 e. The summed E-state index contributed by atoms with van der Waals surface area (Å²) >= 11 is 1.85. The molecule has 19 heavy (non-hydrogen) atoms. The van der Waals surface area contributed by atoms with Crippen molar-refractivity contribution in [2.24, 2.45) is 0 Å². The van der Waals surface area contributed by atoms with Gasteiger partial charge in [0, 0.05) is 4.88 Å². The smallest absolute Gasteiger partial charge is 0.182 e. The fraction of sp³-hybridized carbons (Fsp3) is 0.308. The number of hydrogen-bond donors (Lipinski definition) is 2. The van der Waals surface area contributed by atoms with Crippen LogP contribution >= 0.6 is 11.3 Å². The highest BCUT2D eigenvalue weighted by Crippen LogP contribution is 2.35. The Labute approximate surface area is 114 Å². The first kappa shape index (κ1) is 10.9. The van der Waals surface area contributed by atoms with E-state index in [1.807, 2.05) is 11.3 Å². The number of fused-ring (bicyclic) bond motifs is 2. The Bertz CT molecular complexity index is 716. The number of hydrogen-bond acceptors (Lipinski definition) is 5. The third kappa shape index (κ3) is 1.79. The second-order valence-corrected chi connectivity index (χ2v) is 5.71. The van der Waals surface area contributed by atoms with Crippen LogP contribution in [0.2, 0.25) is 0 Å². The standard InChI is InChI=1S/C13H13N5S/c1-2-9(8-4-5-19-10(8)3-1)18-13-11-12(15-6-14-11)16-7-17-13/h4-7,9H,1-3H2,(H2,14,15,16,17,18).